The molecule has 0 unspecified atom stereocenters. The summed E-state index contributed by atoms with van der Waals surface area (Å²) in [4.78, 5) is 41.8. The number of amides is 1. The van der Waals surface area contributed by atoms with Crippen molar-refractivity contribution in [2.45, 2.75) is 12.5 Å². The predicted molar refractivity (Wildman–Crippen MR) is 145 cm³/mol. The van der Waals surface area contributed by atoms with Crippen molar-refractivity contribution in [2.24, 2.45) is 0 Å². The van der Waals surface area contributed by atoms with Crippen LogP contribution in [0.15, 0.2) is 83.0 Å². The number of ketones is 1. The van der Waals surface area contributed by atoms with Gasteiger partial charge in [0.2, 0.25) is 0 Å². The van der Waals surface area contributed by atoms with E-state index in [0.29, 0.717) is 23.3 Å². The van der Waals surface area contributed by atoms with Crippen molar-refractivity contribution >= 4 is 50.0 Å². The fourth-order valence-electron chi connectivity index (χ4n) is 4.73. The molecular formula is C28H22BrN3O6. The predicted octanol–water partition coefficient (Wildman–Crippen LogP) is 5.51. The van der Waals surface area contributed by atoms with Gasteiger partial charge in [-0.2, -0.15) is 0 Å². The number of H-pyrrole nitrogens is 1. The van der Waals surface area contributed by atoms with Gasteiger partial charge in [0.05, 0.1) is 23.6 Å². The standard InChI is InChI=1S/C28H22BrN3O6/c1-38-21-10-11-23-22(14-21)18(15-30-23)12-13-31-25(16-4-8-20(9-5-16)32(36)37)24(27(34)28(31)35)26(33)17-2-6-19(29)7-3-17/h2-11,14-15,25,30,33H,12-13H2,1H3/t25-/m0/s1. The molecule has 0 aliphatic carbocycles. The van der Waals surface area contributed by atoms with E-state index in [2.05, 4.69) is 20.9 Å². The van der Waals surface area contributed by atoms with Gasteiger partial charge in [-0.05, 0) is 60.0 Å². The van der Waals surface area contributed by atoms with Crippen LogP contribution in [0.2, 0.25) is 0 Å². The summed E-state index contributed by atoms with van der Waals surface area (Å²) in [5.74, 6) is -1.17. The fraction of sp³-hybridized carbons (Fsp3) is 0.143. The van der Waals surface area contributed by atoms with E-state index in [-0.39, 0.29) is 23.6 Å². The molecule has 0 bridgehead atoms. The molecule has 1 aromatic heterocycles. The van der Waals surface area contributed by atoms with Crippen molar-refractivity contribution in [1.29, 1.82) is 0 Å². The van der Waals surface area contributed by atoms with Gasteiger partial charge in [-0.3, -0.25) is 19.7 Å². The molecule has 10 heteroatoms. The summed E-state index contributed by atoms with van der Waals surface area (Å²) < 4.78 is 6.13. The maximum atomic E-state index is 13.3. The molecular weight excluding hydrogens is 554 g/mol. The second-order valence-corrected chi connectivity index (χ2v) is 9.74. The van der Waals surface area contributed by atoms with Gasteiger partial charge >= 0.3 is 0 Å². The first-order valence-electron chi connectivity index (χ1n) is 11.7. The molecule has 192 valence electrons. The molecule has 0 saturated carbocycles. The number of methoxy groups -OCH3 is 1. The van der Waals surface area contributed by atoms with Crippen LogP contribution in [0.1, 0.15) is 22.7 Å². The van der Waals surface area contributed by atoms with Crippen molar-refractivity contribution < 1.29 is 24.4 Å². The van der Waals surface area contributed by atoms with Gasteiger partial charge in [0, 0.05) is 45.8 Å². The quantitative estimate of drug-likeness (QED) is 0.0983. The first-order valence-corrected chi connectivity index (χ1v) is 12.5. The zero-order valence-electron chi connectivity index (χ0n) is 20.2. The number of carbonyl (C=O) groups is 2. The number of nitro benzene ring substituents is 1. The summed E-state index contributed by atoms with van der Waals surface area (Å²) in [6, 6.07) is 17.1. The Morgan fingerprint density at radius 3 is 2.47 bits per heavy atom. The van der Waals surface area contributed by atoms with E-state index in [0.717, 1.165) is 20.9 Å². The van der Waals surface area contributed by atoms with Crippen LogP contribution in [0.25, 0.3) is 16.7 Å². The van der Waals surface area contributed by atoms with E-state index >= 15 is 0 Å². The van der Waals surface area contributed by atoms with Gasteiger partial charge < -0.3 is 19.7 Å². The third-order valence-electron chi connectivity index (χ3n) is 6.67. The minimum atomic E-state index is -0.917. The molecule has 1 fully saturated rings. The number of Topliss-reactive ketones (excluding diaryl/α,β-unsaturated/α-hetero) is 1. The summed E-state index contributed by atoms with van der Waals surface area (Å²) in [5, 5.41) is 23.3. The fourth-order valence-corrected chi connectivity index (χ4v) is 5.00. The lowest BCUT2D eigenvalue weighted by atomic mass is 9.95. The Balaban J connectivity index is 1.56. The average Bonchev–Trinajstić information content (AvgIpc) is 3.44. The highest BCUT2D eigenvalue weighted by Gasteiger charge is 2.46. The summed E-state index contributed by atoms with van der Waals surface area (Å²) in [5.41, 5.74) is 2.51. The number of carbonyl (C=O) groups excluding carboxylic acids is 2. The Morgan fingerprint density at radius 1 is 1.11 bits per heavy atom. The molecule has 1 atom stereocenters. The van der Waals surface area contributed by atoms with Crippen LogP contribution in [0.5, 0.6) is 5.75 Å². The molecule has 9 nitrogen and oxygen atoms in total. The molecule has 3 aromatic carbocycles. The van der Waals surface area contributed by atoms with Gasteiger partial charge in [0.1, 0.15) is 11.5 Å². The molecule has 2 heterocycles. The van der Waals surface area contributed by atoms with Crippen LogP contribution in [0.3, 0.4) is 0 Å². The number of hydrogen-bond donors (Lipinski definition) is 2. The lowest BCUT2D eigenvalue weighted by Crippen LogP contribution is -2.31. The average molecular weight is 576 g/mol. The molecule has 1 saturated heterocycles. The van der Waals surface area contributed by atoms with Crippen molar-refractivity contribution in [3.63, 3.8) is 0 Å². The number of aromatic amines is 1. The van der Waals surface area contributed by atoms with Gasteiger partial charge in [-0.1, -0.05) is 28.1 Å². The van der Waals surface area contributed by atoms with Crippen LogP contribution in [0, 0.1) is 10.1 Å². The molecule has 0 spiro atoms. The van der Waals surface area contributed by atoms with Crippen LogP contribution in [0.4, 0.5) is 5.69 Å². The smallest absolute Gasteiger partial charge is 0.295 e. The van der Waals surface area contributed by atoms with E-state index in [1.807, 2.05) is 24.4 Å². The van der Waals surface area contributed by atoms with Crippen molar-refractivity contribution in [1.82, 2.24) is 9.88 Å². The summed E-state index contributed by atoms with van der Waals surface area (Å²) in [6.07, 6.45) is 2.27. The highest BCUT2D eigenvalue weighted by Crippen LogP contribution is 2.40. The lowest BCUT2D eigenvalue weighted by Gasteiger charge is -2.25. The van der Waals surface area contributed by atoms with Gasteiger partial charge in [0.15, 0.2) is 0 Å². The van der Waals surface area contributed by atoms with Crippen molar-refractivity contribution in [2.75, 3.05) is 13.7 Å². The number of aliphatic hydroxyl groups is 1. The number of aromatic nitrogens is 1. The number of non-ortho nitro benzene ring substituents is 1. The molecule has 0 radical (unpaired) electrons. The Hall–Kier alpha value is -4.44. The van der Waals surface area contributed by atoms with E-state index in [9.17, 15) is 24.8 Å². The third kappa shape index (κ3) is 4.54. The molecule has 2 N–H and O–H groups in total. The van der Waals surface area contributed by atoms with Gasteiger partial charge in [-0.15, -0.1) is 0 Å². The summed E-state index contributed by atoms with van der Waals surface area (Å²) in [7, 11) is 1.59. The summed E-state index contributed by atoms with van der Waals surface area (Å²) in [6.45, 7) is 0.174. The second kappa shape index (κ2) is 10.1. The van der Waals surface area contributed by atoms with Crippen molar-refractivity contribution in [3.05, 3.63) is 110 Å². The number of nitrogens with one attached hydrogen (secondary N) is 1. The minimum Gasteiger partial charge on any atom is -0.507 e. The van der Waals surface area contributed by atoms with E-state index in [1.165, 1.54) is 29.2 Å². The van der Waals surface area contributed by atoms with Gasteiger partial charge in [0.25, 0.3) is 17.4 Å². The lowest BCUT2D eigenvalue weighted by molar-refractivity contribution is -0.384. The molecule has 1 aliphatic rings. The minimum absolute atomic E-state index is 0.0632. The Morgan fingerprint density at radius 2 is 1.82 bits per heavy atom. The number of rotatable bonds is 7. The maximum Gasteiger partial charge on any atom is 0.295 e. The highest BCUT2D eigenvalue weighted by atomic mass is 79.9. The molecule has 1 amide bonds. The number of hydrogen-bond acceptors (Lipinski definition) is 6. The van der Waals surface area contributed by atoms with E-state index in [1.54, 1.807) is 31.4 Å². The Labute approximate surface area is 225 Å². The van der Waals surface area contributed by atoms with Crippen LogP contribution in [-0.4, -0.2) is 45.3 Å². The molecule has 38 heavy (non-hydrogen) atoms. The molecule has 4 aromatic rings. The topological polar surface area (TPSA) is 126 Å². The van der Waals surface area contributed by atoms with E-state index < -0.39 is 22.7 Å². The summed E-state index contributed by atoms with van der Waals surface area (Å²) >= 11 is 3.35. The molecule has 1 aliphatic heterocycles. The number of ether oxygens (including phenoxy) is 1. The SMILES string of the molecule is COc1ccc2[nH]cc(CCN3C(=O)C(=O)C(=C(O)c4ccc(Br)cc4)[C@@H]3c3ccc([N+](=O)[O-])cc3)c2c1. The number of likely N-dealkylation sites (tertiary alicyclic amines) is 1. The van der Waals surface area contributed by atoms with Crippen molar-refractivity contribution in [3.8, 4) is 5.75 Å². The third-order valence-corrected chi connectivity index (χ3v) is 7.20. The normalized spacial score (nSPS) is 16.8. The number of fused-ring (bicyclic) bond motifs is 1. The molecule has 5 rings (SSSR count). The number of nitrogens with zero attached hydrogens (tertiary/aromatic N) is 2. The first kappa shape index (κ1) is 25.2. The zero-order valence-corrected chi connectivity index (χ0v) is 21.8. The van der Waals surface area contributed by atoms with Crippen LogP contribution < -0.4 is 4.74 Å². The number of aliphatic hydroxyl groups excluding tert-OH is 1. The number of halogens is 1. The first-order chi connectivity index (χ1) is 18.3. The largest absolute Gasteiger partial charge is 0.507 e. The maximum absolute atomic E-state index is 13.3. The number of nitro groups is 1. The second-order valence-electron chi connectivity index (χ2n) is 8.82. The highest BCUT2D eigenvalue weighted by molar-refractivity contribution is 9.10. The number of benzene rings is 3. The monoisotopic (exact) mass is 575 g/mol. The van der Waals surface area contributed by atoms with Gasteiger partial charge in [-0.25, -0.2) is 0 Å². The Bertz CT molecular complexity index is 1590. The van der Waals surface area contributed by atoms with Crippen LogP contribution >= 0.6 is 15.9 Å². The van der Waals surface area contributed by atoms with E-state index in [4.69, 9.17) is 4.74 Å². The van der Waals surface area contributed by atoms with Crippen LogP contribution in [-0.2, 0) is 16.0 Å². The zero-order chi connectivity index (χ0) is 27.0. The Kier molecular flexibility index (Phi) is 6.73.